The monoisotopic (exact) mass is 246 g/mol. The highest BCUT2D eigenvalue weighted by atomic mass is 16.2. The fourth-order valence-corrected chi connectivity index (χ4v) is 2.29. The Balaban J connectivity index is 2.08. The highest BCUT2D eigenvalue weighted by Crippen LogP contribution is 2.29. The summed E-state index contributed by atoms with van der Waals surface area (Å²) in [5.41, 5.74) is 7.64. The zero-order chi connectivity index (χ0) is 13.1. The van der Waals surface area contributed by atoms with E-state index in [1.165, 1.54) is 6.42 Å². The molecule has 18 heavy (non-hydrogen) atoms. The number of anilines is 1. The molecule has 0 aromatic heterocycles. The van der Waals surface area contributed by atoms with Crippen LogP contribution in [0.3, 0.4) is 0 Å². The number of hydrogen-bond donors (Lipinski definition) is 1. The lowest BCUT2D eigenvalue weighted by Gasteiger charge is -2.34. The van der Waals surface area contributed by atoms with E-state index in [2.05, 4.69) is 13.8 Å². The summed E-state index contributed by atoms with van der Waals surface area (Å²) < 4.78 is 0. The van der Waals surface area contributed by atoms with Crippen LogP contribution in [0.2, 0.25) is 0 Å². The van der Waals surface area contributed by atoms with E-state index in [9.17, 15) is 4.79 Å². The lowest BCUT2D eigenvalue weighted by molar-refractivity contribution is -0.140. The Morgan fingerprint density at radius 1 is 1.44 bits per heavy atom. The van der Waals surface area contributed by atoms with Crippen LogP contribution in [0.1, 0.15) is 38.7 Å². The molecule has 0 bridgehead atoms. The lowest BCUT2D eigenvalue weighted by atomic mass is 9.84. The van der Waals surface area contributed by atoms with Crippen LogP contribution in [0.4, 0.5) is 5.69 Å². The van der Waals surface area contributed by atoms with Crippen molar-refractivity contribution in [3.63, 3.8) is 0 Å². The predicted octanol–water partition coefficient (Wildman–Crippen LogP) is 2.81. The minimum Gasteiger partial charge on any atom is -0.399 e. The van der Waals surface area contributed by atoms with Gasteiger partial charge in [-0.1, -0.05) is 18.6 Å². The van der Waals surface area contributed by atoms with Gasteiger partial charge in [-0.15, -0.1) is 0 Å². The zero-order valence-electron chi connectivity index (χ0n) is 11.2. The van der Waals surface area contributed by atoms with Gasteiger partial charge in [0, 0.05) is 24.2 Å². The van der Waals surface area contributed by atoms with Crippen LogP contribution in [0, 0.1) is 5.92 Å². The van der Waals surface area contributed by atoms with Gasteiger partial charge in [-0.05, 0) is 44.4 Å². The zero-order valence-corrected chi connectivity index (χ0v) is 11.2. The quantitative estimate of drug-likeness (QED) is 0.830. The molecule has 0 unspecified atom stereocenters. The molecule has 2 rings (SSSR count). The molecule has 1 amide bonds. The Morgan fingerprint density at radius 3 is 2.67 bits per heavy atom. The van der Waals surface area contributed by atoms with Crippen molar-refractivity contribution in [2.45, 2.75) is 45.7 Å². The minimum absolute atomic E-state index is 0.236. The summed E-state index contributed by atoms with van der Waals surface area (Å²) in [4.78, 5) is 14.3. The third kappa shape index (κ3) is 2.84. The number of nitrogens with zero attached hydrogens (tertiary/aromatic N) is 1. The smallest absolute Gasteiger partial charge is 0.226 e. The summed E-state index contributed by atoms with van der Waals surface area (Å²) in [6.07, 6.45) is 3.30. The van der Waals surface area contributed by atoms with Crippen molar-refractivity contribution in [1.29, 1.82) is 0 Å². The third-order valence-corrected chi connectivity index (χ3v) is 3.66. The number of nitrogen functional groups attached to an aromatic ring is 1. The van der Waals surface area contributed by atoms with Crippen LogP contribution in [0.5, 0.6) is 0 Å². The topological polar surface area (TPSA) is 46.3 Å². The van der Waals surface area contributed by atoms with Crippen molar-refractivity contribution >= 4 is 11.6 Å². The van der Waals surface area contributed by atoms with Crippen LogP contribution in [0.25, 0.3) is 0 Å². The molecule has 98 valence electrons. The molecule has 1 aromatic carbocycles. The second-order valence-electron chi connectivity index (χ2n) is 5.43. The summed E-state index contributed by atoms with van der Waals surface area (Å²) in [6, 6.07) is 8.02. The number of carbonyl (C=O) groups is 1. The number of rotatable bonds is 4. The largest absolute Gasteiger partial charge is 0.399 e. The molecule has 0 saturated heterocycles. The first-order valence-corrected chi connectivity index (χ1v) is 6.73. The first-order chi connectivity index (χ1) is 8.58. The molecule has 1 fully saturated rings. The van der Waals surface area contributed by atoms with Crippen molar-refractivity contribution in [3.05, 3.63) is 29.8 Å². The Labute approximate surface area is 109 Å². The SMILES string of the molecule is CC(C)N(Cc1cccc(N)c1)C(=O)C1CCC1. The van der Waals surface area contributed by atoms with Crippen molar-refractivity contribution in [1.82, 2.24) is 4.90 Å². The lowest BCUT2D eigenvalue weighted by Crippen LogP contribution is -2.42. The van der Waals surface area contributed by atoms with Gasteiger partial charge in [0.2, 0.25) is 5.91 Å². The van der Waals surface area contributed by atoms with Gasteiger partial charge in [0.15, 0.2) is 0 Å². The van der Waals surface area contributed by atoms with E-state index in [4.69, 9.17) is 5.73 Å². The second kappa shape index (κ2) is 5.42. The van der Waals surface area contributed by atoms with E-state index in [0.717, 1.165) is 24.1 Å². The summed E-state index contributed by atoms with van der Waals surface area (Å²) in [5, 5.41) is 0. The first kappa shape index (κ1) is 12.9. The van der Waals surface area contributed by atoms with Gasteiger partial charge >= 0.3 is 0 Å². The van der Waals surface area contributed by atoms with Gasteiger partial charge in [0.05, 0.1) is 0 Å². The molecule has 0 atom stereocenters. The molecular weight excluding hydrogens is 224 g/mol. The second-order valence-corrected chi connectivity index (χ2v) is 5.43. The Bertz CT molecular complexity index is 424. The van der Waals surface area contributed by atoms with Crippen LogP contribution < -0.4 is 5.73 Å². The summed E-state index contributed by atoms with van der Waals surface area (Å²) in [5.74, 6) is 0.562. The fraction of sp³-hybridized carbons (Fsp3) is 0.533. The molecule has 1 aromatic rings. The summed E-state index contributed by atoms with van der Waals surface area (Å²) >= 11 is 0. The average molecular weight is 246 g/mol. The number of carbonyl (C=O) groups excluding carboxylic acids is 1. The average Bonchev–Trinajstić information content (AvgIpc) is 2.23. The number of benzene rings is 1. The molecule has 3 nitrogen and oxygen atoms in total. The van der Waals surface area contributed by atoms with E-state index in [-0.39, 0.29) is 12.0 Å². The molecule has 2 N–H and O–H groups in total. The summed E-state index contributed by atoms with van der Waals surface area (Å²) in [7, 11) is 0. The maximum absolute atomic E-state index is 12.4. The van der Waals surface area contributed by atoms with Crippen molar-refractivity contribution in [2.24, 2.45) is 5.92 Å². The predicted molar refractivity (Wildman–Crippen MR) is 73.9 cm³/mol. The van der Waals surface area contributed by atoms with Crippen LogP contribution in [0.15, 0.2) is 24.3 Å². The normalized spacial score (nSPS) is 15.5. The maximum atomic E-state index is 12.4. The van der Waals surface area contributed by atoms with Gasteiger partial charge < -0.3 is 10.6 Å². The molecule has 0 heterocycles. The fourth-order valence-electron chi connectivity index (χ4n) is 2.29. The van der Waals surface area contributed by atoms with E-state index < -0.39 is 0 Å². The van der Waals surface area contributed by atoms with Crippen LogP contribution in [-0.2, 0) is 11.3 Å². The highest BCUT2D eigenvalue weighted by Gasteiger charge is 2.30. The Kier molecular flexibility index (Phi) is 3.90. The molecule has 0 spiro atoms. The molecule has 1 aliphatic rings. The van der Waals surface area contributed by atoms with E-state index in [1.54, 1.807) is 0 Å². The van der Waals surface area contributed by atoms with Crippen molar-refractivity contribution in [2.75, 3.05) is 5.73 Å². The van der Waals surface area contributed by atoms with Gasteiger partial charge in [-0.2, -0.15) is 0 Å². The number of amides is 1. The van der Waals surface area contributed by atoms with Gasteiger partial charge in [-0.25, -0.2) is 0 Å². The molecule has 0 radical (unpaired) electrons. The van der Waals surface area contributed by atoms with Crippen molar-refractivity contribution < 1.29 is 4.79 Å². The molecular formula is C15H22N2O. The standard InChI is InChI=1S/C15H22N2O/c1-11(2)17(15(18)13-6-4-7-13)10-12-5-3-8-14(16)9-12/h3,5,8-9,11,13H,4,6-7,10,16H2,1-2H3. The van der Waals surface area contributed by atoms with Gasteiger partial charge in [0.1, 0.15) is 0 Å². The first-order valence-electron chi connectivity index (χ1n) is 6.73. The Morgan fingerprint density at radius 2 is 2.17 bits per heavy atom. The van der Waals surface area contributed by atoms with Gasteiger partial charge in [0.25, 0.3) is 0 Å². The Hall–Kier alpha value is -1.51. The molecule has 3 heteroatoms. The molecule has 0 aliphatic heterocycles. The van der Waals surface area contributed by atoms with E-state index in [1.807, 2.05) is 29.2 Å². The third-order valence-electron chi connectivity index (χ3n) is 3.66. The van der Waals surface area contributed by atoms with Gasteiger partial charge in [-0.3, -0.25) is 4.79 Å². The van der Waals surface area contributed by atoms with Crippen LogP contribution in [-0.4, -0.2) is 16.8 Å². The summed E-state index contributed by atoms with van der Waals surface area (Å²) in [6.45, 7) is 4.81. The highest BCUT2D eigenvalue weighted by molar-refractivity contribution is 5.79. The maximum Gasteiger partial charge on any atom is 0.226 e. The molecule has 1 saturated carbocycles. The van der Waals surface area contributed by atoms with E-state index >= 15 is 0 Å². The molecule has 1 aliphatic carbocycles. The van der Waals surface area contributed by atoms with E-state index in [0.29, 0.717) is 12.5 Å². The minimum atomic E-state index is 0.236. The number of nitrogens with two attached hydrogens (primary N) is 1. The van der Waals surface area contributed by atoms with Crippen LogP contribution >= 0.6 is 0 Å². The number of hydrogen-bond acceptors (Lipinski definition) is 2. The van der Waals surface area contributed by atoms with Crippen molar-refractivity contribution in [3.8, 4) is 0 Å².